The standard InChI is InChI=1S/C17H32N2O3/c1-7-13(8-2)15(20)19-10-12(3)9-14(11-19)18-16(21)22-17(4,5)6/h12-14H,7-11H2,1-6H3,(H,18,21). The van der Waals surface area contributed by atoms with Crippen LogP contribution in [0.4, 0.5) is 4.79 Å². The minimum atomic E-state index is -0.505. The first-order valence-corrected chi connectivity index (χ1v) is 8.44. The van der Waals surface area contributed by atoms with Crippen LogP contribution in [0.3, 0.4) is 0 Å². The van der Waals surface area contributed by atoms with E-state index in [9.17, 15) is 9.59 Å². The van der Waals surface area contributed by atoms with Gasteiger partial charge in [-0.1, -0.05) is 20.8 Å². The lowest BCUT2D eigenvalue weighted by Gasteiger charge is -2.38. The lowest BCUT2D eigenvalue weighted by atomic mass is 9.93. The maximum Gasteiger partial charge on any atom is 0.407 e. The van der Waals surface area contributed by atoms with Crippen molar-refractivity contribution in [2.75, 3.05) is 13.1 Å². The smallest absolute Gasteiger partial charge is 0.407 e. The highest BCUT2D eigenvalue weighted by Gasteiger charge is 2.31. The molecule has 0 saturated carbocycles. The second-order valence-corrected chi connectivity index (χ2v) is 7.44. The van der Waals surface area contributed by atoms with Crippen LogP contribution in [-0.4, -0.2) is 41.6 Å². The summed E-state index contributed by atoms with van der Waals surface area (Å²) in [5.74, 6) is 0.687. The van der Waals surface area contributed by atoms with Crippen LogP contribution in [0.2, 0.25) is 0 Å². The van der Waals surface area contributed by atoms with Gasteiger partial charge in [0, 0.05) is 19.0 Å². The maximum absolute atomic E-state index is 12.5. The molecule has 1 N–H and O–H groups in total. The minimum Gasteiger partial charge on any atom is -0.444 e. The highest BCUT2D eigenvalue weighted by Crippen LogP contribution is 2.21. The second-order valence-electron chi connectivity index (χ2n) is 7.44. The van der Waals surface area contributed by atoms with E-state index in [1.165, 1.54) is 0 Å². The van der Waals surface area contributed by atoms with Gasteiger partial charge >= 0.3 is 6.09 Å². The van der Waals surface area contributed by atoms with Crippen molar-refractivity contribution in [3.8, 4) is 0 Å². The van der Waals surface area contributed by atoms with Crippen LogP contribution in [0, 0.1) is 11.8 Å². The van der Waals surface area contributed by atoms with Gasteiger partial charge in [0.25, 0.3) is 0 Å². The number of carbonyl (C=O) groups is 2. The molecule has 1 heterocycles. The number of carbonyl (C=O) groups excluding carboxylic acids is 2. The number of likely N-dealkylation sites (tertiary alicyclic amines) is 1. The third-order valence-electron chi connectivity index (χ3n) is 4.03. The molecule has 1 fully saturated rings. The Morgan fingerprint density at radius 3 is 2.32 bits per heavy atom. The quantitative estimate of drug-likeness (QED) is 0.867. The van der Waals surface area contributed by atoms with E-state index in [1.54, 1.807) is 0 Å². The number of nitrogens with zero attached hydrogens (tertiary/aromatic N) is 1. The molecule has 0 aliphatic carbocycles. The largest absolute Gasteiger partial charge is 0.444 e. The van der Waals surface area contributed by atoms with Crippen LogP contribution in [0.25, 0.3) is 0 Å². The van der Waals surface area contributed by atoms with Crippen molar-refractivity contribution in [3.63, 3.8) is 0 Å². The van der Waals surface area contributed by atoms with E-state index in [-0.39, 0.29) is 17.9 Å². The van der Waals surface area contributed by atoms with Crippen molar-refractivity contribution in [3.05, 3.63) is 0 Å². The predicted molar refractivity (Wildman–Crippen MR) is 87.6 cm³/mol. The summed E-state index contributed by atoms with van der Waals surface area (Å²) >= 11 is 0. The summed E-state index contributed by atoms with van der Waals surface area (Å²) in [4.78, 5) is 26.4. The molecule has 0 aromatic heterocycles. The molecular weight excluding hydrogens is 280 g/mol. The Morgan fingerprint density at radius 1 is 1.23 bits per heavy atom. The van der Waals surface area contributed by atoms with Crippen molar-refractivity contribution in [2.24, 2.45) is 11.8 Å². The summed E-state index contributed by atoms with van der Waals surface area (Å²) in [7, 11) is 0. The first-order valence-electron chi connectivity index (χ1n) is 8.44. The molecule has 0 aromatic rings. The fourth-order valence-corrected chi connectivity index (χ4v) is 3.01. The molecule has 5 nitrogen and oxygen atoms in total. The molecule has 1 saturated heterocycles. The van der Waals surface area contributed by atoms with E-state index in [0.29, 0.717) is 12.5 Å². The fourth-order valence-electron chi connectivity index (χ4n) is 3.01. The minimum absolute atomic E-state index is 0.0306. The first kappa shape index (κ1) is 18.8. The van der Waals surface area contributed by atoms with E-state index < -0.39 is 11.7 Å². The van der Waals surface area contributed by atoms with Gasteiger partial charge in [-0.05, 0) is 46.0 Å². The predicted octanol–water partition coefficient (Wildman–Crippen LogP) is 3.18. The Bertz CT molecular complexity index is 386. The molecule has 0 aromatic carbocycles. The molecule has 0 radical (unpaired) electrons. The van der Waals surface area contributed by atoms with Crippen LogP contribution < -0.4 is 5.32 Å². The van der Waals surface area contributed by atoms with Crippen molar-refractivity contribution < 1.29 is 14.3 Å². The Morgan fingerprint density at radius 2 is 1.82 bits per heavy atom. The molecule has 1 aliphatic rings. The molecule has 22 heavy (non-hydrogen) atoms. The van der Waals surface area contributed by atoms with Gasteiger partial charge in [0.1, 0.15) is 5.60 Å². The Kier molecular flexibility index (Phi) is 6.69. The average Bonchev–Trinajstić information content (AvgIpc) is 2.36. The van der Waals surface area contributed by atoms with E-state index in [4.69, 9.17) is 4.74 Å². The Hall–Kier alpha value is -1.26. The SMILES string of the molecule is CCC(CC)C(=O)N1CC(C)CC(NC(=O)OC(C)(C)C)C1. The molecular formula is C17H32N2O3. The number of rotatable bonds is 4. The maximum atomic E-state index is 12.5. The van der Waals surface area contributed by atoms with Gasteiger partial charge in [-0.2, -0.15) is 0 Å². The molecule has 128 valence electrons. The monoisotopic (exact) mass is 312 g/mol. The van der Waals surface area contributed by atoms with Crippen molar-refractivity contribution in [1.82, 2.24) is 10.2 Å². The van der Waals surface area contributed by atoms with Gasteiger partial charge in [-0.3, -0.25) is 4.79 Å². The zero-order valence-electron chi connectivity index (χ0n) is 14.9. The number of ether oxygens (including phenoxy) is 1. The van der Waals surface area contributed by atoms with Crippen molar-refractivity contribution >= 4 is 12.0 Å². The number of hydrogen-bond acceptors (Lipinski definition) is 3. The summed E-state index contributed by atoms with van der Waals surface area (Å²) in [5, 5.41) is 2.91. The fraction of sp³-hybridized carbons (Fsp3) is 0.882. The Balaban J connectivity index is 2.63. The van der Waals surface area contributed by atoms with Crippen LogP contribution in [0.15, 0.2) is 0 Å². The van der Waals surface area contributed by atoms with E-state index in [0.717, 1.165) is 25.8 Å². The molecule has 2 unspecified atom stereocenters. The average molecular weight is 312 g/mol. The number of piperidine rings is 1. The number of hydrogen-bond donors (Lipinski definition) is 1. The first-order chi connectivity index (χ1) is 10.2. The zero-order chi connectivity index (χ0) is 16.9. The lowest BCUT2D eigenvalue weighted by molar-refractivity contribution is -0.138. The van der Waals surface area contributed by atoms with Crippen LogP contribution in [0.5, 0.6) is 0 Å². The number of nitrogens with one attached hydrogen (secondary N) is 1. The highest BCUT2D eigenvalue weighted by atomic mass is 16.6. The van der Waals surface area contributed by atoms with Crippen LogP contribution in [0.1, 0.15) is 60.8 Å². The molecule has 5 heteroatoms. The number of alkyl carbamates (subject to hydrolysis) is 1. The highest BCUT2D eigenvalue weighted by molar-refractivity contribution is 5.79. The van der Waals surface area contributed by atoms with E-state index in [2.05, 4.69) is 26.1 Å². The summed E-state index contributed by atoms with van der Waals surface area (Å²) in [6.45, 7) is 13.1. The van der Waals surface area contributed by atoms with Gasteiger partial charge in [0.2, 0.25) is 5.91 Å². The molecule has 2 amide bonds. The van der Waals surface area contributed by atoms with Gasteiger partial charge < -0.3 is 15.0 Å². The van der Waals surface area contributed by atoms with Gasteiger partial charge in [0.05, 0.1) is 6.04 Å². The van der Waals surface area contributed by atoms with Crippen LogP contribution in [-0.2, 0) is 9.53 Å². The molecule has 0 spiro atoms. The second kappa shape index (κ2) is 7.84. The zero-order valence-corrected chi connectivity index (χ0v) is 14.9. The summed E-state index contributed by atoms with van der Waals surface area (Å²) in [5.41, 5.74) is -0.505. The van der Waals surface area contributed by atoms with Crippen molar-refractivity contribution in [1.29, 1.82) is 0 Å². The normalized spacial score (nSPS) is 22.6. The molecule has 1 aliphatic heterocycles. The van der Waals surface area contributed by atoms with Gasteiger partial charge in [-0.15, -0.1) is 0 Å². The number of amides is 2. The van der Waals surface area contributed by atoms with Gasteiger partial charge in [-0.25, -0.2) is 4.79 Å². The molecule has 0 bridgehead atoms. The molecule has 2 atom stereocenters. The van der Waals surface area contributed by atoms with Gasteiger partial charge in [0.15, 0.2) is 0 Å². The topological polar surface area (TPSA) is 58.6 Å². The van der Waals surface area contributed by atoms with Crippen LogP contribution >= 0.6 is 0 Å². The van der Waals surface area contributed by atoms with E-state index in [1.807, 2.05) is 25.7 Å². The summed E-state index contributed by atoms with van der Waals surface area (Å²) in [6.07, 6.45) is 2.21. The third-order valence-corrected chi connectivity index (χ3v) is 4.03. The van der Waals surface area contributed by atoms with Crippen molar-refractivity contribution in [2.45, 2.75) is 72.4 Å². The lowest BCUT2D eigenvalue weighted by Crippen LogP contribution is -2.53. The third kappa shape index (κ3) is 5.85. The summed E-state index contributed by atoms with van der Waals surface area (Å²) in [6, 6.07) is -0.0306. The van der Waals surface area contributed by atoms with E-state index >= 15 is 0 Å². The Labute approximate surface area is 134 Å². The molecule has 1 rings (SSSR count). The summed E-state index contributed by atoms with van der Waals surface area (Å²) < 4.78 is 5.31.